The number of hydrogen-bond donors (Lipinski definition) is 0. The Hall–Kier alpha value is -2.09. The van der Waals surface area contributed by atoms with Gasteiger partial charge in [-0.1, -0.05) is 42.5 Å². The van der Waals surface area contributed by atoms with E-state index in [1.54, 1.807) is 0 Å². The number of aromatic nitrogens is 2. The van der Waals surface area contributed by atoms with Crippen LogP contribution in [0.4, 0.5) is 0 Å². The lowest BCUT2D eigenvalue weighted by molar-refractivity contribution is 0.800. The molecule has 16 heavy (non-hydrogen) atoms. The quantitative estimate of drug-likeness (QED) is 0.599. The van der Waals surface area contributed by atoms with Gasteiger partial charge in [-0.3, -0.25) is 4.68 Å². The number of rotatable bonds is 1. The summed E-state index contributed by atoms with van der Waals surface area (Å²) in [5.74, 6) is 0. The molecule has 0 saturated carbocycles. The Morgan fingerprint density at radius 2 is 1.88 bits per heavy atom. The fourth-order valence-electron chi connectivity index (χ4n) is 1.95. The van der Waals surface area contributed by atoms with Crippen LogP contribution in [-0.2, 0) is 7.05 Å². The van der Waals surface area contributed by atoms with Crippen LogP contribution in [0.15, 0.2) is 48.5 Å². The molecule has 0 N–H and O–H groups in total. The molecule has 77 valence electrons. The third-order valence-corrected chi connectivity index (χ3v) is 2.72. The van der Waals surface area contributed by atoms with Gasteiger partial charge in [-0.25, -0.2) is 0 Å². The first-order chi connectivity index (χ1) is 7.86. The minimum Gasteiger partial charge on any atom is -0.267 e. The van der Waals surface area contributed by atoms with Gasteiger partial charge in [-0.05, 0) is 12.1 Å². The molecule has 1 aromatic heterocycles. The topological polar surface area (TPSA) is 17.8 Å². The average molecular weight is 207 g/mol. The fourth-order valence-corrected chi connectivity index (χ4v) is 1.95. The van der Waals surface area contributed by atoms with Crippen molar-refractivity contribution in [1.82, 2.24) is 9.78 Å². The zero-order valence-corrected chi connectivity index (χ0v) is 9.01. The van der Waals surface area contributed by atoms with Gasteiger partial charge in [0.05, 0.1) is 5.52 Å². The molecule has 0 spiro atoms. The molecular weight excluding hydrogens is 196 g/mol. The van der Waals surface area contributed by atoms with Crippen molar-refractivity contribution < 1.29 is 0 Å². The van der Waals surface area contributed by atoms with Gasteiger partial charge in [0.25, 0.3) is 0 Å². The molecule has 3 rings (SSSR count). The molecule has 0 saturated heterocycles. The van der Waals surface area contributed by atoms with Crippen molar-refractivity contribution in [2.75, 3.05) is 0 Å². The van der Waals surface area contributed by atoms with Crippen LogP contribution in [0.1, 0.15) is 0 Å². The number of para-hydroxylation sites is 1. The second kappa shape index (κ2) is 3.49. The van der Waals surface area contributed by atoms with Gasteiger partial charge in [0, 0.05) is 18.0 Å². The van der Waals surface area contributed by atoms with E-state index >= 15 is 0 Å². The normalized spacial score (nSPS) is 10.8. The smallest absolute Gasteiger partial charge is 0.101 e. The van der Waals surface area contributed by atoms with Crippen molar-refractivity contribution in [1.29, 1.82) is 0 Å². The predicted octanol–water partition coefficient (Wildman–Crippen LogP) is 3.04. The molecule has 2 aromatic carbocycles. The van der Waals surface area contributed by atoms with Crippen LogP contribution in [0.3, 0.4) is 0 Å². The second-order valence-corrected chi connectivity index (χ2v) is 3.77. The lowest BCUT2D eigenvalue weighted by atomic mass is 10.1. The van der Waals surface area contributed by atoms with E-state index < -0.39 is 0 Å². The molecular formula is C14H11N2. The van der Waals surface area contributed by atoms with E-state index in [0.29, 0.717) is 0 Å². The Balaban J connectivity index is 2.33. The maximum absolute atomic E-state index is 4.55. The van der Waals surface area contributed by atoms with Crippen LogP contribution < -0.4 is 0 Å². The zero-order valence-electron chi connectivity index (χ0n) is 9.01. The van der Waals surface area contributed by atoms with Gasteiger partial charge in [-0.15, -0.1) is 0 Å². The molecule has 0 bridgehead atoms. The summed E-state index contributed by atoms with van der Waals surface area (Å²) in [5, 5.41) is 5.72. The SMILES string of the molecule is Cn1nc(-c2[c]cccc2)c2ccccc21. The van der Waals surface area contributed by atoms with E-state index in [1.165, 1.54) is 5.39 Å². The first kappa shape index (κ1) is 9.16. The summed E-state index contributed by atoms with van der Waals surface area (Å²) in [5.41, 5.74) is 3.19. The van der Waals surface area contributed by atoms with Crippen LogP contribution in [0.5, 0.6) is 0 Å². The van der Waals surface area contributed by atoms with Crippen molar-refractivity contribution >= 4 is 10.9 Å². The second-order valence-electron chi connectivity index (χ2n) is 3.77. The molecule has 0 aliphatic rings. The van der Waals surface area contributed by atoms with Crippen molar-refractivity contribution in [2.45, 2.75) is 0 Å². The average Bonchev–Trinajstić information content (AvgIpc) is 2.69. The van der Waals surface area contributed by atoms with Crippen molar-refractivity contribution in [3.63, 3.8) is 0 Å². The molecule has 0 aliphatic carbocycles. The highest BCUT2D eigenvalue weighted by molar-refractivity contribution is 5.93. The number of nitrogens with zero attached hydrogens (tertiary/aromatic N) is 2. The monoisotopic (exact) mass is 207 g/mol. The van der Waals surface area contributed by atoms with Crippen LogP contribution in [0.25, 0.3) is 22.2 Å². The maximum Gasteiger partial charge on any atom is 0.101 e. The van der Waals surface area contributed by atoms with Gasteiger partial charge < -0.3 is 0 Å². The minimum atomic E-state index is 0.999. The number of aryl methyl sites for hydroxylation is 1. The van der Waals surface area contributed by atoms with Gasteiger partial charge in [0.2, 0.25) is 0 Å². The van der Waals surface area contributed by atoms with Gasteiger partial charge in [-0.2, -0.15) is 5.10 Å². The summed E-state index contributed by atoms with van der Waals surface area (Å²) in [6.07, 6.45) is 0. The van der Waals surface area contributed by atoms with Crippen molar-refractivity contribution in [3.05, 3.63) is 54.6 Å². The first-order valence-electron chi connectivity index (χ1n) is 5.25. The van der Waals surface area contributed by atoms with Crippen LogP contribution in [0.2, 0.25) is 0 Å². The Morgan fingerprint density at radius 1 is 1.06 bits per heavy atom. The van der Waals surface area contributed by atoms with Crippen LogP contribution in [0, 0.1) is 6.07 Å². The molecule has 1 radical (unpaired) electrons. The Kier molecular flexibility index (Phi) is 2.00. The molecule has 0 aliphatic heterocycles. The van der Waals surface area contributed by atoms with Crippen molar-refractivity contribution in [2.24, 2.45) is 7.05 Å². The fraction of sp³-hybridized carbons (Fsp3) is 0.0714. The molecule has 2 heteroatoms. The number of benzene rings is 2. The number of fused-ring (bicyclic) bond motifs is 1. The summed E-state index contributed by atoms with van der Waals surface area (Å²) < 4.78 is 1.91. The Morgan fingerprint density at radius 3 is 2.69 bits per heavy atom. The van der Waals surface area contributed by atoms with E-state index in [2.05, 4.69) is 23.3 Å². The van der Waals surface area contributed by atoms with E-state index in [9.17, 15) is 0 Å². The highest BCUT2D eigenvalue weighted by Crippen LogP contribution is 2.26. The van der Waals surface area contributed by atoms with E-state index in [4.69, 9.17) is 0 Å². The van der Waals surface area contributed by atoms with Crippen LogP contribution in [-0.4, -0.2) is 9.78 Å². The maximum atomic E-state index is 4.55. The molecule has 0 fully saturated rings. The van der Waals surface area contributed by atoms with Crippen LogP contribution >= 0.6 is 0 Å². The summed E-state index contributed by atoms with van der Waals surface area (Å²) in [6.45, 7) is 0. The van der Waals surface area contributed by atoms with E-state index in [0.717, 1.165) is 16.8 Å². The number of hydrogen-bond acceptors (Lipinski definition) is 1. The van der Waals surface area contributed by atoms with Crippen molar-refractivity contribution in [3.8, 4) is 11.3 Å². The summed E-state index contributed by atoms with van der Waals surface area (Å²) in [7, 11) is 1.97. The van der Waals surface area contributed by atoms with Gasteiger partial charge in [0.1, 0.15) is 5.69 Å². The highest BCUT2D eigenvalue weighted by Gasteiger charge is 2.08. The lowest BCUT2D eigenvalue weighted by Gasteiger charge is -1.95. The molecule has 3 aromatic rings. The Labute approximate surface area is 94.1 Å². The molecule has 1 heterocycles. The minimum absolute atomic E-state index is 0.999. The summed E-state index contributed by atoms with van der Waals surface area (Å²) in [6, 6.07) is 19.4. The first-order valence-corrected chi connectivity index (χ1v) is 5.25. The third-order valence-electron chi connectivity index (χ3n) is 2.72. The lowest BCUT2D eigenvalue weighted by Crippen LogP contribution is -1.89. The largest absolute Gasteiger partial charge is 0.267 e. The van der Waals surface area contributed by atoms with Gasteiger partial charge >= 0.3 is 0 Å². The third kappa shape index (κ3) is 1.31. The standard InChI is InChI=1S/C14H11N2/c1-16-13-10-6-5-9-12(13)14(15-16)11-7-3-2-4-8-11/h2-7,9-10H,1H3. The summed E-state index contributed by atoms with van der Waals surface area (Å²) >= 11 is 0. The molecule has 0 amide bonds. The molecule has 2 nitrogen and oxygen atoms in total. The Bertz CT molecular complexity index is 624. The molecule has 0 unspecified atom stereocenters. The van der Waals surface area contributed by atoms with E-state index in [1.807, 2.05) is 48.1 Å². The summed E-state index contributed by atoms with van der Waals surface area (Å²) in [4.78, 5) is 0. The highest BCUT2D eigenvalue weighted by atomic mass is 15.3. The predicted molar refractivity (Wildman–Crippen MR) is 65.0 cm³/mol. The molecule has 0 atom stereocenters. The van der Waals surface area contributed by atoms with Gasteiger partial charge in [0.15, 0.2) is 0 Å². The zero-order chi connectivity index (χ0) is 11.0. The van der Waals surface area contributed by atoms with E-state index in [-0.39, 0.29) is 0 Å².